The van der Waals surface area contributed by atoms with Gasteiger partial charge in [0.2, 0.25) is 12.7 Å². The summed E-state index contributed by atoms with van der Waals surface area (Å²) in [6, 6.07) is 9.06. The van der Waals surface area contributed by atoms with Crippen LogP contribution >= 0.6 is 0 Å². The molecule has 2 heterocycles. The van der Waals surface area contributed by atoms with Crippen LogP contribution in [0, 0.1) is 11.3 Å². The molecule has 0 atom stereocenters. The Balaban J connectivity index is 1.75. The molecule has 0 fully saturated rings. The summed E-state index contributed by atoms with van der Waals surface area (Å²) in [5.41, 5.74) is 7.21. The third-order valence-corrected chi connectivity index (χ3v) is 2.81. The number of rotatable bonds is 3. The van der Waals surface area contributed by atoms with Crippen molar-refractivity contribution in [2.45, 2.75) is 6.61 Å². The lowest BCUT2D eigenvalue weighted by atomic mass is 10.2. The summed E-state index contributed by atoms with van der Waals surface area (Å²) in [5.74, 6) is 1.67. The molecule has 20 heavy (non-hydrogen) atoms. The van der Waals surface area contributed by atoms with Crippen LogP contribution in [0.4, 0.5) is 5.69 Å². The monoisotopic (exact) mass is 269 g/mol. The second kappa shape index (κ2) is 4.97. The Labute approximate surface area is 115 Å². The van der Waals surface area contributed by atoms with Crippen molar-refractivity contribution in [1.29, 1.82) is 5.26 Å². The van der Waals surface area contributed by atoms with E-state index in [1.807, 2.05) is 24.3 Å². The molecule has 0 aliphatic carbocycles. The van der Waals surface area contributed by atoms with Crippen molar-refractivity contribution in [3.8, 4) is 23.4 Å². The van der Waals surface area contributed by atoms with E-state index in [0.717, 1.165) is 11.3 Å². The number of hydrogen-bond donors (Lipinski definition) is 1. The van der Waals surface area contributed by atoms with Gasteiger partial charge in [0.15, 0.2) is 11.5 Å². The molecular formula is C14H11N3O3. The molecule has 1 aromatic carbocycles. The Morgan fingerprint density at radius 1 is 1.30 bits per heavy atom. The molecule has 0 bridgehead atoms. The van der Waals surface area contributed by atoms with Gasteiger partial charge < -0.3 is 19.9 Å². The minimum atomic E-state index is 0.234. The summed E-state index contributed by atoms with van der Waals surface area (Å²) in [6.45, 7) is 0.514. The van der Waals surface area contributed by atoms with Gasteiger partial charge in [0.05, 0.1) is 11.9 Å². The fourth-order valence-electron chi connectivity index (χ4n) is 1.85. The van der Waals surface area contributed by atoms with Gasteiger partial charge in [-0.05, 0) is 23.8 Å². The molecular weight excluding hydrogens is 258 g/mol. The van der Waals surface area contributed by atoms with Crippen LogP contribution in [0.2, 0.25) is 0 Å². The van der Waals surface area contributed by atoms with Gasteiger partial charge in [-0.1, -0.05) is 6.07 Å². The zero-order valence-corrected chi connectivity index (χ0v) is 10.5. The lowest BCUT2D eigenvalue weighted by molar-refractivity contribution is 0.174. The number of pyridine rings is 1. The van der Waals surface area contributed by atoms with Crippen molar-refractivity contribution in [3.63, 3.8) is 0 Å². The van der Waals surface area contributed by atoms with E-state index in [-0.39, 0.29) is 19.3 Å². The second-order valence-electron chi connectivity index (χ2n) is 4.21. The van der Waals surface area contributed by atoms with E-state index in [4.69, 9.17) is 25.2 Å². The minimum Gasteiger partial charge on any atom is -0.472 e. The Morgan fingerprint density at radius 3 is 3.00 bits per heavy atom. The Bertz CT molecular complexity index is 695. The average Bonchev–Trinajstić information content (AvgIpc) is 2.93. The van der Waals surface area contributed by atoms with Crippen molar-refractivity contribution in [2.75, 3.05) is 12.5 Å². The number of hydrogen-bond acceptors (Lipinski definition) is 6. The zero-order valence-electron chi connectivity index (χ0n) is 10.5. The summed E-state index contributed by atoms with van der Waals surface area (Å²) in [6.07, 6.45) is 1.45. The molecule has 0 spiro atoms. The first-order chi connectivity index (χ1) is 9.76. The average molecular weight is 269 g/mol. The molecule has 3 rings (SSSR count). The number of nitriles is 1. The third kappa shape index (κ3) is 2.29. The Hall–Kier alpha value is -2.94. The maximum absolute atomic E-state index is 9.00. The largest absolute Gasteiger partial charge is 0.472 e. The smallest absolute Gasteiger partial charge is 0.232 e. The van der Waals surface area contributed by atoms with Crippen molar-refractivity contribution < 1.29 is 14.2 Å². The van der Waals surface area contributed by atoms with Crippen LogP contribution in [0.15, 0.2) is 30.5 Å². The summed E-state index contributed by atoms with van der Waals surface area (Å²) in [5, 5.41) is 9.00. The molecule has 0 saturated carbocycles. The van der Waals surface area contributed by atoms with Crippen molar-refractivity contribution in [3.05, 3.63) is 41.6 Å². The van der Waals surface area contributed by atoms with E-state index in [9.17, 15) is 0 Å². The van der Waals surface area contributed by atoms with Gasteiger partial charge in [0.1, 0.15) is 18.2 Å². The molecule has 0 amide bonds. The van der Waals surface area contributed by atoms with Crippen molar-refractivity contribution >= 4 is 5.69 Å². The molecule has 1 aliphatic rings. The van der Waals surface area contributed by atoms with E-state index in [1.165, 1.54) is 12.3 Å². The predicted octanol–water partition coefficient (Wildman–Crippen LogP) is 1.84. The van der Waals surface area contributed by atoms with Crippen molar-refractivity contribution in [1.82, 2.24) is 4.98 Å². The van der Waals surface area contributed by atoms with Crippen LogP contribution in [0.25, 0.3) is 0 Å². The molecule has 0 unspecified atom stereocenters. The molecule has 0 saturated heterocycles. The first-order valence-corrected chi connectivity index (χ1v) is 5.93. The lowest BCUT2D eigenvalue weighted by Crippen LogP contribution is -2.00. The summed E-state index contributed by atoms with van der Waals surface area (Å²) < 4.78 is 16.1. The van der Waals surface area contributed by atoms with Crippen LogP contribution in [0.5, 0.6) is 17.4 Å². The number of nitrogens with two attached hydrogens (primary N) is 1. The molecule has 1 aliphatic heterocycles. The number of nitrogen functional groups attached to an aromatic ring is 1. The van der Waals surface area contributed by atoms with E-state index in [2.05, 4.69) is 4.98 Å². The van der Waals surface area contributed by atoms with E-state index >= 15 is 0 Å². The maximum Gasteiger partial charge on any atom is 0.232 e. The van der Waals surface area contributed by atoms with Crippen molar-refractivity contribution in [2.24, 2.45) is 0 Å². The second-order valence-corrected chi connectivity index (χ2v) is 4.21. The van der Waals surface area contributed by atoms with Crippen LogP contribution in [0.1, 0.15) is 11.1 Å². The number of nitrogens with zero attached hydrogens (tertiary/aromatic N) is 2. The molecule has 0 radical (unpaired) electrons. The number of anilines is 1. The highest BCUT2D eigenvalue weighted by Crippen LogP contribution is 2.32. The van der Waals surface area contributed by atoms with Crippen LogP contribution in [0.3, 0.4) is 0 Å². The minimum absolute atomic E-state index is 0.234. The number of ether oxygens (including phenoxy) is 3. The number of aromatic nitrogens is 1. The molecule has 2 aromatic rings. The first-order valence-electron chi connectivity index (χ1n) is 5.93. The first kappa shape index (κ1) is 12.1. The van der Waals surface area contributed by atoms with Gasteiger partial charge >= 0.3 is 0 Å². The zero-order chi connectivity index (χ0) is 13.9. The predicted molar refractivity (Wildman–Crippen MR) is 70.3 cm³/mol. The van der Waals surface area contributed by atoms with E-state index < -0.39 is 0 Å². The highest BCUT2D eigenvalue weighted by Gasteiger charge is 2.13. The number of benzene rings is 1. The lowest BCUT2D eigenvalue weighted by Gasteiger charge is -2.07. The quantitative estimate of drug-likeness (QED) is 0.914. The SMILES string of the molecule is N#Cc1cc(N)cnc1OCc1ccc2c(c1)OCO2. The highest BCUT2D eigenvalue weighted by atomic mass is 16.7. The molecule has 6 heteroatoms. The van der Waals surface area contributed by atoms with Gasteiger partial charge in [0, 0.05) is 0 Å². The van der Waals surface area contributed by atoms with Crippen LogP contribution in [-0.4, -0.2) is 11.8 Å². The number of fused-ring (bicyclic) bond motifs is 1. The van der Waals surface area contributed by atoms with Crippen LogP contribution < -0.4 is 19.9 Å². The van der Waals surface area contributed by atoms with Crippen LogP contribution in [-0.2, 0) is 6.61 Å². The fraction of sp³-hybridized carbons (Fsp3) is 0.143. The van der Waals surface area contributed by atoms with Gasteiger partial charge in [-0.25, -0.2) is 4.98 Å². The van der Waals surface area contributed by atoms with Gasteiger partial charge in [-0.3, -0.25) is 0 Å². The Morgan fingerprint density at radius 2 is 2.15 bits per heavy atom. The summed E-state index contributed by atoms with van der Waals surface area (Å²) in [7, 11) is 0. The molecule has 6 nitrogen and oxygen atoms in total. The molecule has 1 aromatic heterocycles. The standard InChI is InChI=1S/C14H11N3O3/c15-5-10-4-11(16)6-17-14(10)18-7-9-1-2-12-13(3-9)20-8-19-12/h1-4,6H,7-8,16H2. The fourth-order valence-corrected chi connectivity index (χ4v) is 1.85. The highest BCUT2D eigenvalue weighted by molar-refractivity contribution is 5.48. The summed E-state index contributed by atoms with van der Waals surface area (Å²) >= 11 is 0. The van der Waals surface area contributed by atoms with E-state index in [0.29, 0.717) is 17.0 Å². The maximum atomic E-state index is 9.00. The molecule has 100 valence electrons. The topological polar surface area (TPSA) is 90.4 Å². The van der Waals surface area contributed by atoms with Gasteiger partial charge in [-0.15, -0.1) is 0 Å². The third-order valence-electron chi connectivity index (χ3n) is 2.81. The summed E-state index contributed by atoms with van der Waals surface area (Å²) in [4.78, 5) is 4.01. The van der Waals surface area contributed by atoms with Gasteiger partial charge in [-0.2, -0.15) is 5.26 Å². The van der Waals surface area contributed by atoms with E-state index in [1.54, 1.807) is 0 Å². The Kier molecular flexibility index (Phi) is 3.01. The van der Waals surface area contributed by atoms with Gasteiger partial charge in [0.25, 0.3) is 0 Å². The molecule has 2 N–H and O–H groups in total. The normalized spacial score (nSPS) is 11.9.